The molecule has 0 saturated heterocycles. The monoisotopic (exact) mass is 108 g/mol. The number of rotatable bonds is 2. The van der Waals surface area contributed by atoms with Crippen LogP contribution in [0, 0.1) is 5.92 Å². The average molecular weight is 108 g/mol. The predicted molar refractivity (Wildman–Crippen MR) is 32.5 cm³/mol. The Morgan fingerprint density at radius 3 is 2.50 bits per heavy atom. The first-order valence-electron chi connectivity index (χ1n) is 2.72. The zero-order valence-corrected chi connectivity index (χ0v) is 4.58. The Morgan fingerprint density at radius 1 is 1.38 bits per heavy atom. The van der Waals surface area contributed by atoms with Gasteiger partial charge in [-0.25, -0.2) is 0 Å². The largest absolute Gasteiger partial charge is 0.303 e. The fraction of sp³-hybridized carbons (Fsp3) is 0.286. The van der Waals surface area contributed by atoms with Gasteiger partial charge in [0.2, 0.25) is 0 Å². The van der Waals surface area contributed by atoms with E-state index >= 15 is 0 Å². The van der Waals surface area contributed by atoms with Crippen molar-refractivity contribution in [2.24, 2.45) is 5.92 Å². The zero-order valence-electron chi connectivity index (χ0n) is 4.58. The van der Waals surface area contributed by atoms with Gasteiger partial charge in [0.15, 0.2) is 0 Å². The SMILES string of the molecule is O=CCC1C=CC=C1. The molecule has 0 aliphatic heterocycles. The van der Waals surface area contributed by atoms with Crippen LogP contribution < -0.4 is 0 Å². The second-order valence-corrected chi connectivity index (χ2v) is 1.84. The Labute approximate surface area is 48.7 Å². The Hall–Kier alpha value is -0.850. The van der Waals surface area contributed by atoms with E-state index in [2.05, 4.69) is 0 Å². The Bertz CT molecular complexity index is 121. The van der Waals surface area contributed by atoms with Gasteiger partial charge in [-0.2, -0.15) is 0 Å². The van der Waals surface area contributed by atoms with E-state index in [0.29, 0.717) is 12.3 Å². The number of carbonyl (C=O) groups excluding carboxylic acids is 1. The first-order chi connectivity index (χ1) is 3.93. The summed E-state index contributed by atoms with van der Waals surface area (Å²) in [5.74, 6) is 0.382. The fourth-order valence-corrected chi connectivity index (χ4v) is 0.746. The van der Waals surface area contributed by atoms with E-state index in [1.54, 1.807) is 0 Å². The molecule has 0 bridgehead atoms. The first kappa shape index (κ1) is 5.29. The fourth-order valence-electron chi connectivity index (χ4n) is 0.746. The number of allylic oxidation sites excluding steroid dienone is 4. The number of hydrogen-bond acceptors (Lipinski definition) is 1. The van der Waals surface area contributed by atoms with Gasteiger partial charge in [0.05, 0.1) is 0 Å². The van der Waals surface area contributed by atoms with Crippen molar-refractivity contribution in [1.29, 1.82) is 0 Å². The Balaban J connectivity index is 2.37. The van der Waals surface area contributed by atoms with Crippen molar-refractivity contribution in [3.8, 4) is 0 Å². The van der Waals surface area contributed by atoms with Gasteiger partial charge in [0, 0.05) is 12.3 Å². The van der Waals surface area contributed by atoms with Gasteiger partial charge in [0.1, 0.15) is 6.29 Å². The van der Waals surface area contributed by atoms with E-state index in [4.69, 9.17) is 0 Å². The van der Waals surface area contributed by atoms with E-state index in [1.807, 2.05) is 24.3 Å². The Kier molecular flexibility index (Phi) is 1.62. The molecular formula is C7H8O. The van der Waals surface area contributed by atoms with Crippen molar-refractivity contribution in [3.05, 3.63) is 24.3 Å². The predicted octanol–water partition coefficient (Wildman–Crippen LogP) is 1.32. The van der Waals surface area contributed by atoms with Gasteiger partial charge in [-0.15, -0.1) is 0 Å². The molecule has 8 heavy (non-hydrogen) atoms. The standard InChI is InChI=1S/C7H8O/c8-6-5-7-3-1-2-4-7/h1-4,6-7H,5H2. The highest BCUT2D eigenvalue weighted by atomic mass is 16.1. The molecular weight excluding hydrogens is 100 g/mol. The molecule has 0 atom stereocenters. The van der Waals surface area contributed by atoms with Crippen LogP contribution >= 0.6 is 0 Å². The maximum Gasteiger partial charge on any atom is 0.120 e. The molecule has 0 heterocycles. The molecule has 1 aliphatic carbocycles. The van der Waals surface area contributed by atoms with Gasteiger partial charge in [-0.05, 0) is 0 Å². The molecule has 0 unspecified atom stereocenters. The van der Waals surface area contributed by atoms with Crippen LogP contribution in [-0.4, -0.2) is 6.29 Å². The molecule has 0 saturated carbocycles. The van der Waals surface area contributed by atoms with Crippen LogP contribution in [0.4, 0.5) is 0 Å². The summed E-state index contributed by atoms with van der Waals surface area (Å²) < 4.78 is 0. The molecule has 0 amide bonds. The molecule has 0 radical (unpaired) electrons. The minimum absolute atomic E-state index is 0.382. The van der Waals surface area contributed by atoms with Crippen LogP contribution in [0.15, 0.2) is 24.3 Å². The molecule has 1 heteroatoms. The first-order valence-corrected chi connectivity index (χ1v) is 2.72. The highest BCUT2D eigenvalue weighted by Gasteiger charge is 1.99. The molecule has 0 aromatic carbocycles. The Morgan fingerprint density at radius 2 is 2.00 bits per heavy atom. The van der Waals surface area contributed by atoms with Gasteiger partial charge in [0.25, 0.3) is 0 Å². The molecule has 1 aliphatic rings. The van der Waals surface area contributed by atoms with Gasteiger partial charge >= 0.3 is 0 Å². The average Bonchev–Trinajstić information content (AvgIpc) is 2.19. The maximum atomic E-state index is 9.89. The highest BCUT2D eigenvalue weighted by molar-refractivity contribution is 5.51. The maximum absolute atomic E-state index is 9.89. The molecule has 0 N–H and O–H groups in total. The number of aldehydes is 1. The van der Waals surface area contributed by atoms with Crippen LogP contribution in [0.2, 0.25) is 0 Å². The summed E-state index contributed by atoms with van der Waals surface area (Å²) in [5, 5.41) is 0. The summed E-state index contributed by atoms with van der Waals surface area (Å²) in [6.45, 7) is 0. The molecule has 0 spiro atoms. The smallest absolute Gasteiger partial charge is 0.120 e. The van der Waals surface area contributed by atoms with Crippen molar-refractivity contribution in [1.82, 2.24) is 0 Å². The topological polar surface area (TPSA) is 17.1 Å². The summed E-state index contributed by atoms with van der Waals surface area (Å²) >= 11 is 0. The normalized spacial score (nSPS) is 17.5. The lowest BCUT2D eigenvalue weighted by atomic mass is 10.1. The highest BCUT2D eigenvalue weighted by Crippen LogP contribution is 2.10. The summed E-state index contributed by atoms with van der Waals surface area (Å²) in [7, 11) is 0. The van der Waals surface area contributed by atoms with Crippen molar-refractivity contribution < 1.29 is 4.79 Å². The van der Waals surface area contributed by atoms with Gasteiger partial charge in [-0.1, -0.05) is 24.3 Å². The van der Waals surface area contributed by atoms with Crippen LogP contribution in [-0.2, 0) is 4.79 Å². The quantitative estimate of drug-likeness (QED) is 0.487. The molecule has 0 aromatic rings. The van der Waals surface area contributed by atoms with Gasteiger partial charge in [-0.3, -0.25) is 0 Å². The van der Waals surface area contributed by atoms with Crippen LogP contribution in [0.1, 0.15) is 6.42 Å². The lowest BCUT2D eigenvalue weighted by molar-refractivity contribution is -0.108. The van der Waals surface area contributed by atoms with Crippen LogP contribution in [0.5, 0.6) is 0 Å². The lowest BCUT2D eigenvalue weighted by Crippen LogP contribution is -1.87. The zero-order chi connectivity index (χ0) is 5.82. The summed E-state index contributed by atoms with van der Waals surface area (Å²) in [5.41, 5.74) is 0. The molecule has 1 nitrogen and oxygen atoms in total. The summed E-state index contributed by atoms with van der Waals surface area (Å²) in [6.07, 6.45) is 9.56. The lowest BCUT2D eigenvalue weighted by Gasteiger charge is -1.93. The van der Waals surface area contributed by atoms with Crippen molar-refractivity contribution in [3.63, 3.8) is 0 Å². The van der Waals surface area contributed by atoms with Crippen molar-refractivity contribution in [2.45, 2.75) is 6.42 Å². The third-order valence-electron chi connectivity index (χ3n) is 1.20. The van der Waals surface area contributed by atoms with Crippen molar-refractivity contribution >= 4 is 6.29 Å². The van der Waals surface area contributed by atoms with E-state index in [9.17, 15) is 4.79 Å². The van der Waals surface area contributed by atoms with E-state index in [1.165, 1.54) is 0 Å². The number of carbonyl (C=O) groups is 1. The van der Waals surface area contributed by atoms with E-state index in [0.717, 1.165) is 6.29 Å². The third-order valence-corrected chi connectivity index (χ3v) is 1.20. The second kappa shape index (κ2) is 2.46. The molecule has 0 aromatic heterocycles. The number of hydrogen-bond donors (Lipinski definition) is 0. The molecule has 1 rings (SSSR count). The van der Waals surface area contributed by atoms with Crippen LogP contribution in [0.3, 0.4) is 0 Å². The van der Waals surface area contributed by atoms with Crippen LogP contribution in [0.25, 0.3) is 0 Å². The second-order valence-electron chi connectivity index (χ2n) is 1.84. The van der Waals surface area contributed by atoms with Gasteiger partial charge < -0.3 is 4.79 Å². The minimum atomic E-state index is 0.382. The van der Waals surface area contributed by atoms with E-state index < -0.39 is 0 Å². The minimum Gasteiger partial charge on any atom is -0.303 e. The molecule has 42 valence electrons. The van der Waals surface area contributed by atoms with Crippen molar-refractivity contribution in [2.75, 3.05) is 0 Å². The summed E-state index contributed by atoms with van der Waals surface area (Å²) in [4.78, 5) is 9.89. The summed E-state index contributed by atoms with van der Waals surface area (Å²) in [6, 6.07) is 0. The molecule has 0 fully saturated rings. The third kappa shape index (κ3) is 1.06. The van der Waals surface area contributed by atoms with E-state index in [-0.39, 0.29) is 0 Å².